The fourth-order valence-corrected chi connectivity index (χ4v) is 2.35. The predicted molar refractivity (Wildman–Crippen MR) is 101 cm³/mol. The van der Waals surface area contributed by atoms with Crippen molar-refractivity contribution in [2.45, 2.75) is 13.8 Å². The van der Waals surface area contributed by atoms with Crippen LogP contribution in [0.4, 0.5) is 5.69 Å². The van der Waals surface area contributed by atoms with Crippen molar-refractivity contribution in [3.63, 3.8) is 0 Å². The number of amides is 1. The first kappa shape index (κ1) is 20.1. The van der Waals surface area contributed by atoms with Gasteiger partial charge in [-0.3, -0.25) is 9.59 Å². The summed E-state index contributed by atoms with van der Waals surface area (Å²) in [6.45, 7) is 4.51. The van der Waals surface area contributed by atoms with Crippen molar-refractivity contribution in [3.05, 3.63) is 42.0 Å². The Morgan fingerprint density at radius 2 is 1.59 bits per heavy atom. The Labute approximate surface area is 158 Å². The lowest BCUT2D eigenvalue weighted by Crippen LogP contribution is -2.20. The van der Waals surface area contributed by atoms with Crippen LogP contribution < -0.4 is 24.3 Å². The molecule has 0 saturated carbocycles. The van der Waals surface area contributed by atoms with E-state index in [2.05, 4.69) is 5.32 Å². The van der Waals surface area contributed by atoms with E-state index in [-0.39, 0.29) is 12.5 Å². The molecule has 0 fully saturated rings. The highest BCUT2D eigenvalue weighted by molar-refractivity contribution is 5.92. The van der Waals surface area contributed by atoms with Crippen molar-refractivity contribution in [1.29, 1.82) is 0 Å². The van der Waals surface area contributed by atoms with E-state index in [4.69, 9.17) is 18.9 Å². The highest BCUT2D eigenvalue weighted by Crippen LogP contribution is 2.31. The van der Waals surface area contributed by atoms with Gasteiger partial charge in [0.15, 0.2) is 29.6 Å². The molecular formula is C20H23NO6. The average Bonchev–Trinajstić information content (AvgIpc) is 2.68. The zero-order valence-electron chi connectivity index (χ0n) is 15.6. The lowest BCUT2D eigenvalue weighted by atomic mass is 10.2. The maximum atomic E-state index is 12.2. The van der Waals surface area contributed by atoms with E-state index in [1.54, 1.807) is 30.3 Å². The van der Waals surface area contributed by atoms with Crippen LogP contribution in [-0.2, 0) is 4.79 Å². The molecule has 1 amide bonds. The van der Waals surface area contributed by atoms with E-state index in [1.165, 1.54) is 13.2 Å². The summed E-state index contributed by atoms with van der Waals surface area (Å²) in [6.07, 6.45) is 0.696. The maximum Gasteiger partial charge on any atom is 0.262 e. The largest absolute Gasteiger partial charge is 0.493 e. The van der Waals surface area contributed by atoms with Gasteiger partial charge in [0.2, 0.25) is 0 Å². The number of rotatable bonds is 10. The van der Waals surface area contributed by atoms with Crippen LogP contribution >= 0.6 is 0 Å². The monoisotopic (exact) mass is 373 g/mol. The van der Waals surface area contributed by atoms with Gasteiger partial charge < -0.3 is 24.3 Å². The summed E-state index contributed by atoms with van der Waals surface area (Å²) < 4.78 is 21.7. The first-order valence-corrected chi connectivity index (χ1v) is 8.56. The van der Waals surface area contributed by atoms with E-state index in [1.807, 2.05) is 13.8 Å². The molecule has 0 aliphatic heterocycles. The minimum atomic E-state index is -0.361. The van der Waals surface area contributed by atoms with Gasteiger partial charge in [-0.25, -0.2) is 0 Å². The number of aldehydes is 1. The molecule has 0 saturated heterocycles. The number of ether oxygens (including phenoxy) is 4. The van der Waals surface area contributed by atoms with Crippen LogP contribution in [0, 0.1) is 0 Å². The summed E-state index contributed by atoms with van der Waals surface area (Å²) in [4.78, 5) is 23.1. The molecular weight excluding hydrogens is 350 g/mol. The van der Waals surface area contributed by atoms with Gasteiger partial charge in [0.05, 0.1) is 20.3 Å². The molecule has 7 nitrogen and oxygen atoms in total. The van der Waals surface area contributed by atoms with Crippen LogP contribution in [0.2, 0.25) is 0 Å². The van der Waals surface area contributed by atoms with Crippen molar-refractivity contribution in [1.82, 2.24) is 0 Å². The molecule has 2 aromatic carbocycles. The summed E-state index contributed by atoms with van der Waals surface area (Å²) in [5.74, 6) is 1.56. The van der Waals surface area contributed by atoms with Crippen molar-refractivity contribution in [2.24, 2.45) is 0 Å². The molecule has 0 radical (unpaired) electrons. The Hall–Kier alpha value is -3.22. The Balaban J connectivity index is 2.03. The van der Waals surface area contributed by atoms with Crippen LogP contribution in [0.25, 0.3) is 0 Å². The summed E-state index contributed by atoms with van der Waals surface area (Å²) in [5, 5.41) is 2.74. The molecule has 7 heteroatoms. The zero-order valence-corrected chi connectivity index (χ0v) is 15.6. The Kier molecular flexibility index (Phi) is 7.49. The number of carbonyl (C=O) groups is 2. The van der Waals surface area contributed by atoms with Crippen LogP contribution in [0.5, 0.6) is 23.0 Å². The molecule has 0 unspecified atom stereocenters. The average molecular weight is 373 g/mol. The summed E-state index contributed by atoms with van der Waals surface area (Å²) >= 11 is 0. The van der Waals surface area contributed by atoms with Gasteiger partial charge in [-0.15, -0.1) is 0 Å². The maximum absolute atomic E-state index is 12.2. The third-order valence-electron chi connectivity index (χ3n) is 3.51. The van der Waals surface area contributed by atoms with Crippen LogP contribution in [0.1, 0.15) is 24.2 Å². The molecule has 0 aliphatic rings. The molecule has 0 heterocycles. The molecule has 0 aromatic heterocycles. The van der Waals surface area contributed by atoms with E-state index in [0.717, 1.165) is 0 Å². The van der Waals surface area contributed by atoms with E-state index >= 15 is 0 Å². The van der Waals surface area contributed by atoms with Crippen molar-refractivity contribution >= 4 is 17.9 Å². The van der Waals surface area contributed by atoms with Crippen LogP contribution in [0.3, 0.4) is 0 Å². The van der Waals surface area contributed by atoms with Gasteiger partial charge in [0.25, 0.3) is 5.91 Å². The van der Waals surface area contributed by atoms with E-state index in [0.29, 0.717) is 53.7 Å². The highest BCUT2D eigenvalue weighted by atomic mass is 16.5. The summed E-state index contributed by atoms with van der Waals surface area (Å²) in [5.41, 5.74) is 0.989. The number of hydrogen-bond acceptors (Lipinski definition) is 6. The lowest BCUT2D eigenvalue weighted by Gasteiger charge is -2.14. The molecule has 1 N–H and O–H groups in total. The summed E-state index contributed by atoms with van der Waals surface area (Å²) in [7, 11) is 1.48. The minimum Gasteiger partial charge on any atom is -0.493 e. The van der Waals surface area contributed by atoms with Crippen LogP contribution in [0.15, 0.2) is 36.4 Å². The second-order valence-corrected chi connectivity index (χ2v) is 5.39. The lowest BCUT2D eigenvalue weighted by molar-refractivity contribution is -0.118. The molecule has 0 aliphatic carbocycles. The highest BCUT2D eigenvalue weighted by Gasteiger charge is 2.11. The third kappa shape index (κ3) is 5.64. The SMILES string of the molecule is CCOc1ccc(NC(=O)COc2cc(C=O)ccc2OC)cc1OCC. The molecule has 0 bridgehead atoms. The zero-order chi connectivity index (χ0) is 19.6. The number of anilines is 1. The Morgan fingerprint density at radius 3 is 2.26 bits per heavy atom. The molecule has 0 spiro atoms. The van der Waals surface area contributed by atoms with Gasteiger partial charge in [-0.1, -0.05) is 0 Å². The standard InChI is InChI=1S/C20H23NO6/c1-4-25-17-9-7-15(11-19(17)26-5-2)21-20(23)13-27-18-10-14(12-22)6-8-16(18)24-3/h6-12H,4-5,13H2,1-3H3,(H,21,23). The number of benzene rings is 2. The van der Waals surface area contributed by atoms with Gasteiger partial charge in [-0.2, -0.15) is 0 Å². The van der Waals surface area contributed by atoms with Crippen molar-refractivity contribution in [3.8, 4) is 23.0 Å². The topological polar surface area (TPSA) is 83.1 Å². The van der Waals surface area contributed by atoms with Gasteiger partial charge >= 0.3 is 0 Å². The Morgan fingerprint density at radius 1 is 0.926 bits per heavy atom. The summed E-state index contributed by atoms with van der Waals surface area (Å²) in [6, 6.07) is 9.88. The first-order chi connectivity index (χ1) is 13.1. The molecule has 27 heavy (non-hydrogen) atoms. The third-order valence-corrected chi connectivity index (χ3v) is 3.51. The quantitative estimate of drug-likeness (QED) is 0.643. The van der Waals surface area contributed by atoms with Gasteiger partial charge in [0, 0.05) is 17.3 Å². The molecule has 2 rings (SSSR count). The molecule has 2 aromatic rings. The fourth-order valence-electron chi connectivity index (χ4n) is 2.35. The number of methoxy groups -OCH3 is 1. The predicted octanol–water partition coefficient (Wildman–Crippen LogP) is 3.32. The number of nitrogens with one attached hydrogen (secondary N) is 1. The normalized spacial score (nSPS) is 10.0. The number of carbonyl (C=O) groups excluding carboxylic acids is 2. The fraction of sp³-hybridized carbons (Fsp3) is 0.300. The van der Waals surface area contributed by atoms with Gasteiger partial charge in [-0.05, 0) is 44.2 Å². The molecule has 144 valence electrons. The smallest absolute Gasteiger partial charge is 0.262 e. The second-order valence-electron chi connectivity index (χ2n) is 5.39. The van der Waals surface area contributed by atoms with Crippen molar-refractivity contribution < 1.29 is 28.5 Å². The molecule has 0 atom stereocenters. The Bertz CT molecular complexity index is 790. The number of hydrogen-bond donors (Lipinski definition) is 1. The van der Waals surface area contributed by atoms with Crippen molar-refractivity contribution in [2.75, 3.05) is 32.2 Å². The minimum absolute atomic E-state index is 0.240. The first-order valence-electron chi connectivity index (χ1n) is 8.56. The second kappa shape index (κ2) is 10.1. The van der Waals surface area contributed by atoms with E-state index < -0.39 is 0 Å². The van der Waals surface area contributed by atoms with Gasteiger partial charge in [0.1, 0.15) is 6.29 Å². The van der Waals surface area contributed by atoms with Crippen LogP contribution in [-0.4, -0.2) is 39.1 Å². The van der Waals surface area contributed by atoms with E-state index in [9.17, 15) is 9.59 Å².